The molecule has 0 spiro atoms. The number of nitrogens with zero attached hydrogens (tertiary/aromatic N) is 1. The molecule has 24 heavy (non-hydrogen) atoms. The van der Waals surface area contributed by atoms with Gasteiger partial charge in [0.1, 0.15) is 23.7 Å². The van der Waals surface area contributed by atoms with Crippen molar-refractivity contribution in [3.63, 3.8) is 0 Å². The molecule has 1 N–H and O–H groups in total. The molecule has 0 aromatic carbocycles. The van der Waals surface area contributed by atoms with Crippen LogP contribution in [0.4, 0.5) is 0 Å². The highest BCUT2D eigenvalue weighted by Crippen LogP contribution is 2.21. The Balaban J connectivity index is 2.26. The van der Waals surface area contributed by atoms with Crippen LogP contribution in [-0.2, 0) is 22.5 Å². The van der Waals surface area contributed by atoms with Gasteiger partial charge in [-0.05, 0) is 26.0 Å². The lowest BCUT2D eigenvalue weighted by Gasteiger charge is -2.21. The van der Waals surface area contributed by atoms with Crippen LogP contribution in [0.15, 0.2) is 27.2 Å². The van der Waals surface area contributed by atoms with Crippen LogP contribution < -0.4 is 0 Å². The van der Waals surface area contributed by atoms with E-state index in [4.69, 9.17) is 18.7 Å². The van der Waals surface area contributed by atoms with Gasteiger partial charge in [-0.3, -0.25) is 9.59 Å². The third-order valence-electron chi connectivity index (χ3n) is 3.57. The van der Waals surface area contributed by atoms with E-state index < -0.39 is 5.97 Å². The van der Waals surface area contributed by atoms with Crippen molar-refractivity contribution in [1.82, 2.24) is 4.90 Å². The van der Waals surface area contributed by atoms with Crippen molar-refractivity contribution >= 4 is 11.9 Å². The fourth-order valence-corrected chi connectivity index (χ4v) is 2.42. The molecule has 0 unspecified atom stereocenters. The van der Waals surface area contributed by atoms with Gasteiger partial charge in [0.2, 0.25) is 0 Å². The van der Waals surface area contributed by atoms with E-state index in [0.717, 1.165) is 5.76 Å². The smallest absolute Gasteiger partial charge is 0.311 e. The SMILES string of the molecule is COCCN(Cc1ccc(C)o1)C(=O)c1c(C)coc1CC(=O)O. The number of methoxy groups -OCH3 is 1. The molecule has 7 heteroatoms. The summed E-state index contributed by atoms with van der Waals surface area (Å²) < 4.78 is 15.9. The van der Waals surface area contributed by atoms with E-state index in [1.54, 1.807) is 18.9 Å². The summed E-state index contributed by atoms with van der Waals surface area (Å²) in [6.07, 6.45) is 1.06. The molecule has 0 aliphatic rings. The van der Waals surface area contributed by atoms with Gasteiger partial charge < -0.3 is 23.6 Å². The van der Waals surface area contributed by atoms with Crippen molar-refractivity contribution < 1.29 is 28.3 Å². The first-order valence-electron chi connectivity index (χ1n) is 7.54. The normalized spacial score (nSPS) is 10.8. The molecule has 0 saturated carbocycles. The Morgan fingerprint density at radius 1 is 1.29 bits per heavy atom. The quantitative estimate of drug-likeness (QED) is 0.796. The van der Waals surface area contributed by atoms with Crippen molar-refractivity contribution in [2.75, 3.05) is 20.3 Å². The number of hydrogen-bond acceptors (Lipinski definition) is 5. The van der Waals surface area contributed by atoms with Gasteiger partial charge in [0.15, 0.2) is 0 Å². The lowest BCUT2D eigenvalue weighted by molar-refractivity contribution is -0.136. The molecule has 2 heterocycles. The van der Waals surface area contributed by atoms with Crippen LogP contribution in [0.5, 0.6) is 0 Å². The van der Waals surface area contributed by atoms with Crippen LogP contribution in [0.1, 0.15) is 33.2 Å². The number of carbonyl (C=O) groups excluding carboxylic acids is 1. The standard InChI is InChI=1S/C17H21NO6/c1-11-10-23-14(8-15(19)20)16(11)17(21)18(6-7-22-3)9-13-5-4-12(2)24-13/h4-5,10H,6-9H2,1-3H3,(H,19,20). The Morgan fingerprint density at radius 3 is 2.62 bits per heavy atom. The van der Waals surface area contributed by atoms with E-state index in [9.17, 15) is 9.59 Å². The van der Waals surface area contributed by atoms with Crippen molar-refractivity contribution in [2.24, 2.45) is 0 Å². The third-order valence-corrected chi connectivity index (χ3v) is 3.57. The van der Waals surface area contributed by atoms with E-state index in [-0.39, 0.29) is 30.2 Å². The number of carbonyl (C=O) groups is 2. The predicted molar refractivity (Wildman–Crippen MR) is 84.8 cm³/mol. The molecule has 0 aliphatic heterocycles. The topological polar surface area (TPSA) is 93.1 Å². The maximum absolute atomic E-state index is 12.9. The maximum atomic E-state index is 12.9. The molecule has 0 saturated heterocycles. The van der Waals surface area contributed by atoms with Crippen molar-refractivity contribution in [1.29, 1.82) is 0 Å². The van der Waals surface area contributed by atoms with Crippen LogP contribution in [0, 0.1) is 13.8 Å². The molecule has 130 valence electrons. The predicted octanol–water partition coefficient (Wildman–Crippen LogP) is 2.41. The number of carboxylic acids is 1. The minimum Gasteiger partial charge on any atom is -0.481 e. The molecule has 2 aromatic heterocycles. The second-order valence-electron chi connectivity index (χ2n) is 5.52. The molecule has 0 bridgehead atoms. The van der Waals surface area contributed by atoms with Gasteiger partial charge in [-0.25, -0.2) is 0 Å². The Kier molecular flexibility index (Phi) is 5.81. The van der Waals surface area contributed by atoms with E-state index >= 15 is 0 Å². The number of amides is 1. The molecule has 0 fully saturated rings. The number of hydrogen-bond donors (Lipinski definition) is 1. The summed E-state index contributed by atoms with van der Waals surface area (Å²) in [5, 5.41) is 8.98. The summed E-state index contributed by atoms with van der Waals surface area (Å²) in [6, 6.07) is 3.63. The zero-order valence-corrected chi connectivity index (χ0v) is 14.0. The van der Waals surface area contributed by atoms with Gasteiger partial charge in [-0.2, -0.15) is 0 Å². The van der Waals surface area contributed by atoms with E-state index in [0.29, 0.717) is 24.5 Å². The van der Waals surface area contributed by atoms with Gasteiger partial charge >= 0.3 is 5.97 Å². The number of ether oxygens (including phenoxy) is 1. The van der Waals surface area contributed by atoms with Gasteiger partial charge in [-0.15, -0.1) is 0 Å². The summed E-state index contributed by atoms with van der Waals surface area (Å²) in [6.45, 7) is 4.53. The fourth-order valence-electron chi connectivity index (χ4n) is 2.42. The lowest BCUT2D eigenvalue weighted by atomic mass is 10.1. The van der Waals surface area contributed by atoms with Gasteiger partial charge in [0.25, 0.3) is 5.91 Å². The number of furan rings is 2. The van der Waals surface area contributed by atoms with Crippen LogP contribution in [0.3, 0.4) is 0 Å². The molecule has 7 nitrogen and oxygen atoms in total. The first-order chi connectivity index (χ1) is 11.4. The maximum Gasteiger partial charge on any atom is 0.311 e. The van der Waals surface area contributed by atoms with Crippen molar-refractivity contribution in [3.8, 4) is 0 Å². The highest BCUT2D eigenvalue weighted by molar-refractivity contribution is 5.97. The second-order valence-corrected chi connectivity index (χ2v) is 5.52. The second kappa shape index (κ2) is 7.83. The van der Waals surface area contributed by atoms with E-state index in [1.807, 2.05) is 19.1 Å². The molecular weight excluding hydrogens is 314 g/mol. The number of aryl methyl sites for hydroxylation is 2. The summed E-state index contributed by atoms with van der Waals surface area (Å²) in [7, 11) is 1.55. The first kappa shape index (κ1) is 17.8. The molecule has 1 amide bonds. The minimum atomic E-state index is -1.05. The first-order valence-corrected chi connectivity index (χ1v) is 7.54. The Morgan fingerprint density at radius 2 is 2.04 bits per heavy atom. The Labute approximate surface area is 139 Å². The molecule has 0 aliphatic carbocycles. The van der Waals surface area contributed by atoms with Gasteiger partial charge in [0, 0.05) is 19.2 Å². The number of carboxylic acid groups (broad SMARTS) is 1. The summed E-state index contributed by atoms with van der Waals surface area (Å²) in [5.74, 6) is 0.211. The zero-order chi connectivity index (χ0) is 17.7. The minimum absolute atomic E-state index is 0.156. The molecule has 2 aromatic rings. The van der Waals surface area contributed by atoms with Crippen LogP contribution >= 0.6 is 0 Å². The number of rotatable bonds is 8. The van der Waals surface area contributed by atoms with Gasteiger partial charge in [-0.1, -0.05) is 0 Å². The highest BCUT2D eigenvalue weighted by Gasteiger charge is 2.25. The Hall–Kier alpha value is -2.54. The van der Waals surface area contributed by atoms with Crippen LogP contribution in [-0.4, -0.2) is 42.1 Å². The molecule has 2 rings (SSSR count). The highest BCUT2D eigenvalue weighted by atomic mass is 16.5. The third kappa shape index (κ3) is 4.26. The van der Waals surface area contributed by atoms with Gasteiger partial charge in [0.05, 0.1) is 25.0 Å². The average molecular weight is 335 g/mol. The van der Waals surface area contributed by atoms with Crippen molar-refractivity contribution in [3.05, 3.63) is 46.8 Å². The largest absolute Gasteiger partial charge is 0.481 e. The Bertz CT molecular complexity index is 714. The lowest BCUT2D eigenvalue weighted by Crippen LogP contribution is -2.34. The van der Waals surface area contributed by atoms with Crippen LogP contribution in [0.25, 0.3) is 0 Å². The average Bonchev–Trinajstić information content (AvgIpc) is 3.08. The fraction of sp³-hybridized carbons (Fsp3) is 0.412. The summed E-state index contributed by atoms with van der Waals surface area (Å²) in [5.41, 5.74) is 0.895. The zero-order valence-electron chi connectivity index (χ0n) is 14.0. The monoisotopic (exact) mass is 335 g/mol. The van der Waals surface area contributed by atoms with E-state index in [1.165, 1.54) is 6.26 Å². The van der Waals surface area contributed by atoms with Crippen LogP contribution in [0.2, 0.25) is 0 Å². The van der Waals surface area contributed by atoms with Crippen molar-refractivity contribution in [2.45, 2.75) is 26.8 Å². The molecule has 0 atom stereocenters. The molecule has 0 radical (unpaired) electrons. The molecular formula is C17H21NO6. The van der Waals surface area contributed by atoms with E-state index in [2.05, 4.69) is 0 Å². The summed E-state index contributed by atoms with van der Waals surface area (Å²) >= 11 is 0. The number of aliphatic carboxylic acids is 1. The summed E-state index contributed by atoms with van der Waals surface area (Å²) in [4.78, 5) is 25.5.